The molecule has 7 heteroatoms. The molecule has 0 aliphatic heterocycles. The fourth-order valence-corrected chi connectivity index (χ4v) is 1.31. The zero-order valence-corrected chi connectivity index (χ0v) is 9.16. The monoisotopic (exact) mass is 272 g/mol. The lowest BCUT2D eigenvalue weighted by atomic mass is 10.1. The highest BCUT2D eigenvalue weighted by molar-refractivity contribution is 6.32. The summed E-state index contributed by atoms with van der Waals surface area (Å²) in [4.78, 5) is 11.2. The van der Waals surface area contributed by atoms with Gasteiger partial charge in [0.15, 0.2) is 5.78 Å². The molecule has 0 saturated carbocycles. The highest BCUT2D eigenvalue weighted by Gasteiger charge is 2.32. The van der Waals surface area contributed by atoms with Crippen molar-refractivity contribution in [2.75, 3.05) is 5.88 Å². The number of carbonyl (C=O) groups excluding carboxylic acids is 1. The molecule has 0 atom stereocenters. The van der Waals surface area contributed by atoms with Crippen molar-refractivity contribution < 1.29 is 22.7 Å². The molecule has 0 bridgehead atoms. The van der Waals surface area contributed by atoms with Crippen LogP contribution in [-0.4, -0.2) is 18.0 Å². The highest BCUT2D eigenvalue weighted by atomic mass is 35.5. The van der Waals surface area contributed by atoms with E-state index in [1.807, 2.05) is 0 Å². The Balaban J connectivity index is 3.13. The lowest BCUT2D eigenvalue weighted by Crippen LogP contribution is -2.19. The first-order chi connectivity index (χ1) is 7.33. The Hall–Kier alpha value is -0.940. The van der Waals surface area contributed by atoms with E-state index in [4.69, 9.17) is 23.2 Å². The van der Waals surface area contributed by atoms with Crippen molar-refractivity contribution in [3.8, 4) is 5.75 Å². The van der Waals surface area contributed by atoms with E-state index in [-0.39, 0.29) is 10.6 Å². The highest BCUT2D eigenvalue weighted by Crippen LogP contribution is 2.29. The van der Waals surface area contributed by atoms with Gasteiger partial charge in [-0.15, -0.1) is 24.8 Å². The van der Waals surface area contributed by atoms with Crippen molar-refractivity contribution >= 4 is 29.0 Å². The van der Waals surface area contributed by atoms with Crippen molar-refractivity contribution in [1.29, 1.82) is 0 Å². The van der Waals surface area contributed by atoms with E-state index in [0.29, 0.717) is 0 Å². The second-order valence-electron chi connectivity index (χ2n) is 2.75. The van der Waals surface area contributed by atoms with Gasteiger partial charge in [-0.2, -0.15) is 0 Å². The topological polar surface area (TPSA) is 26.3 Å². The molecule has 0 aliphatic carbocycles. The molecule has 0 heterocycles. The summed E-state index contributed by atoms with van der Waals surface area (Å²) in [6, 6.07) is 3.33. The largest absolute Gasteiger partial charge is 0.573 e. The Morgan fingerprint density at radius 2 is 2.00 bits per heavy atom. The Morgan fingerprint density at radius 1 is 1.38 bits per heavy atom. The number of halogens is 5. The minimum absolute atomic E-state index is 0.0328. The number of alkyl halides is 4. The van der Waals surface area contributed by atoms with Gasteiger partial charge in [0.1, 0.15) is 5.75 Å². The summed E-state index contributed by atoms with van der Waals surface area (Å²) in [5.41, 5.74) is -0.253. The fourth-order valence-electron chi connectivity index (χ4n) is 1.01. The average molecular weight is 273 g/mol. The minimum Gasteiger partial charge on any atom is -0.405 e. The van der Waals surface area contributed by atoms with Gasteiger partial charge in [0.2, 0.25) is 0 Å². The normalized spacial score (nSPS) is 11.3. The van der Waals surface area contributed by atoms with E-state index in [0.717, 1.165) is 12.1 Å². The van der Waals surface area contributed by atoms with E-state index >= 15 is 0 Å². The number of ketones is 1. The summed E-state index contributed by atoms with van der Waals surface area (Å²) >= 11 is 10.8. The van der Waals surface area contributed by atoms with Gasteiger partial charge in [0.05, 0.1) is 11.4 Å². The summed E-state index contributed by atoms with van der Waals surface area (Å²) in [7, 11) is 0. The third kappa shape index (κ3) is 3.57. The number of rotatable bonds is 3. The number of hydrogen-bond acceptors (Lipinski definition) is 2. The maximum atomic E-state index is 12.0. The van der Waals surface area contributed by atoms with Crippen LogP contribution in [0.5, 0.6) is 5.75 Å². The van der Waals surface area contributed by atoms with Crippen LogP contribution in [0, 0.1) is 0 Å². The van der Waals surface area contributed by atoms with Gasteiger partial charge in [-0.3, -0.25) is 4.79 Å². The maximum absolute atomic E-state index is 12.0. The molecule has 0 N–H and O–H groups in total. The van der Waals surface area contributed by atoms with E-state index in [1.54, 1.807) is 0 Å². The molecule has 0 radical (unpaired) electrons. The van der Waals surface area contributed by atoms with Gasteiger partial charge in [0, 0.05) is 5.02 Å². The Morgan fingerprint density at radius 3 is 2.50 bits per heavy atom. The summed E-state index contributed by atoms with van der Waals surface area (Å²) in [5, 5.41) is 0.0328. The molecule has 16 heavy (non-hydrogen) atoms. The molecule has 1 aromatic carbocycles. The first kappa shape index (κ1) is 13.1. The summed E-state index contributed by atoms with van der Waals surface area (Å²) in [6.07, 6.45) is -4.88. The molecule has 1 aromatic rings. The second kappa shape index (κ2) is 4.93. The maximum Gasteiger partial charge on any atom is 0.573 e. The predicted octanol–water partition coefficient (Wildman–Crippen LogP) is 3.66. The summed E-state index contributed by atoms with van der Waals surface area (Å²) in [6.45, 7) is 0. The van der Waals surface area contributed by atoms with Crippen LogP contribution in [0.15, 0.2) is 18.2 Å². The van der Waals surface area contributed by atoms with E-state index in [1.165, 1.54) is 6.07 Å². The number of benzene rings is 1. The van der Waals surface area contributed by atoms with Crippen molar-refractivity contribution in [3.05, 3.63) is 28.8 Å². The first-order valence-electron chi connectivity index (χ1n) is 3.98. The molecule has 1 rings (SSSR count). The number of carbonyl (C=O) groups is 1. The van der Waals surface area contributed by atoms with Crippen LogP contribution in [-0.2, 0) is 0 Å². The number of hydrogen-bond donors (Lipinski definition) is 0. The molecular formula is C9H5Cl2F3O2. The van der Waals surface area contributed by atoms with Crippen LogP contribution in [0.1, 0.15) is 10.4 Å². The van der Waals surface area contributed by atoms with Crippen LogP contribution in [0.2, 0.25) is 5.02 Å². The zero-order valence-electron chi connectivity index (χ0n) is 7.65. The molecule has 0 aliphatic rings. The molecular weight excluding hydrogens is 268 g/mol. The van der Waals surface area contributed by atoms with Crippen LogP contribution in [0.25, 0.3) is 0 Å². The average Bonchev–Trinajstić information content (AvgIpc) is 2.14. The van der Waals surface area contributed by atoms with Crippen LogP contribution in [0.3, 0.4) is 0 Å². The summed E-state index contributed by atoms with van der Waals surface area (Å²) < 4.78 is 39.7. The SMILES string of the molecule is O=C(CCl)c1ccc(Cl)cc1OC(F)(F)F. The Kier molecular flexibility index (Phi) is 4.04. The molecule has 2 nitrogen and oxygen atoms in total. The van der Waals surface area contributed by atoms with Crippen molar-refractivity contribution in [2.24, 2.45) is 0 Å². The van der Waals surface area contributed by atoms with E-state index in [9.17, 15) is 18.0 Å². The molecule has 0 spiro atoms. The van der Waals surface area contributed by atoms with Crippen molar-refractivity contribution in [3.63, 3.8) is 0 Å². The molecule has 0 aromatic heterocycles. The Labute approximate surface area is 98.9 Å². The number of ether oxygens (including phenoxy) is 1. The Bertz CT molecular complexity index is 404. The molecule has 0 amide bonds. The second-order valence-corrected chi connectivity index (χ2v) is 3.45. The lowest BCUT2D eigenvalue weighted by molar-refractivity contribution is -0.274. The molecule has 0 saturated heterocycles. The van der Waals surface area contributed by atoms with Crippen molar-refractivity contribution in [2.45, 2.75) is 6.36 Å². The van der Waals surface area contributed by atoms with Crippen LogP contribution < -0.4 is 4.74 Å². The van der Waals surface area contributed by atoms with Gasteiger partial charge in [-0.05, 0) is 18.2 Å². The molecule has 88 valence electrons. The van der Waals surface area contributed by atoms with Gasteiger partial charge in [-0.1, -0.05) is 11.6 Å². The summed E-state index contributed by atoms with van der Waals surface area (Å²) in [5.74, 6) is -1.75. The van der Waals surface area contributed by atoms with Gasteiger partial charge >= 0.3 is 6.36 Å². The van der Waals surface area contributed by atoms with Crippen molar-refractivity contribution in [1.82, 2.24) is 0 Å². The van der Waals surface area contributed by atoms with Gasteiger partial charge in [-0.25, -0.2) is 0 Å². The van der Waals surface area contributed by atoms with Gasteiger partial charge in [0.25, 0.3) is 0 Å². The predicted molar refractivity (Wildman–Crippen MR) is 53.2 cm³/mol. The van der Waals surface area contributed by atoms with E-state index < -0.39 is 23.8 Å². The number of Topliss-reactive ketones (excluding diaryl/α,β-unsaturated/α-hetero) is 1. The smallest absolute Gasteiger partial charge is 0.405 e. The van der Waals surface area contributed by atoms with Crippen LogP contribution in [0.4, 0.5) is 13.2 Å². The zero-order chi connectivity index (χ0) is 12.3. The molecule has 0 fully saturated rings. The molecule has 0 unspecified atom stereocenters. The first-order valence-corrected chi connectivity index (χ1v) is 4.89. The van der Waals surface area contributed by atoms with Gasteiger partial charge < -0.3 is 4.74 Å². The van der Waals surface area contributed by atoms with E-state index in [2.05, 4.69) is 4.74 Å². The minimum atomic E-state index is -4.88. The quantitative estimate of drug-likeness (QED) is 0.620. The van der Waals surface area contributed by atoms with Crippen LogP contribution >= 0.6 is 23.2 Å². The lowest BCUT2D eigenvalue weighted by Gasteiger charge is -2.12. The third-order valence-corrected chi connectivity index (χ3v) is 2.07. The third-order valence-electron chi connectivity index (χ3n) is 1.59. The standard InChI is InChI=1S/C9H5Cl2F3O2/c10-4-7(15)6-2-1-5(11)3-8(6)16-9(12,13)14/h1-3H,4H2. The fraction of sp³-hybridized carbons (Fsp3) is 0.222.